The lowest BCUT2D eigenvalue weighted by atomic mass is 9.97. The van der Waals surface area contributed by atoms with Crippen LogP contribution in [-0.2, 0) is 22.6 Å². The first kappa shape index (κ1) is 27.5. The normalized spacial score (nSPS) is 18.3. The summed E-state index contributed by atoms with van der Waals surface area (Å²) in [5, 5.41) is 18.4. The highest BCUT2D eigenvalue weighted by atomic mass is 35.5. The lowest BCUT2D eigenvalue weighted by Gasteiger charge is -2.33. The van der Waals surface area contributed by atoms with Gasteiger partial charge in [0.05, 0.1) is 21.3 Å². The number of benzene rings is 2. The molecule has 2 heterocycles. The molecule has 3 aromatic rings. The molecule has 1 fully saturated rings. The SMILES string of the molecule is Cc1ccccc1CNC(=O)[C@H]1N(C(=O)[C@@H](O)[C@H](Cc2ccccc2)Nc2ccc(Cl)s2)CSC1(C)C. The number of halogens is 1. The van der Waals surface area contributed by atoms with Gasteiger partial charge in [0.15, 0.2) is 6.10 Å². The highest BCUT2D eigenvalue weighted by Gasteiger charge is 2.49. The van der Waals surface area contributed by atoms with E-state index in [9.17, 15) is 14.7 Å². The second-order valence-corrected chi connectivity index (χ2v) is 13.0. The van der Waals surface area contributed by atoms with E-state index in [4.69, 9.17) is 11.6 Å². The highest BCUT2D eigenvalue weighted by molar-refractivity contribution is 8.00. The second-order valence-electron chi connectivity index (χ2n) is 9.72. The Morgan fingerprint density at radius 3 is 2.49 bits per heavy atom. The summed E-state index contributed by atoms with van der Waals surface area (Å²) in [5.41, 5.74) is 3.10. The number of rotatable bonds is 9. The van der Waals surface area contributed by atoms with Crippen LogP contribution in [0, 0.1) is 6.92 Å². The monoisotopic (exact) mass is 557 g/mol. The average molecular weight is 558 g/mol. The van der Waals surface area contributed by atoms with Crippen molar-refractivity contribution in [2.24, 2.45) is 0 Å². The predicted octanol–water partition coefficient (Wildman–Crippen LogP) is 5.09. The minimum Gasteiger partial charge on any atom is -0.381 e. The number of nitrogens with one attached hydrogen (secondary N) is 2. The smallest absolute Gasteiger partial charge is 0.254 e. The highest BCUT2D eigenvalue weighted by Crippen LogP contribution is 2.40. The molecule has 0 bridgehead atoms. The Morgan fingerprint density at radius 2 is 1.81 bits per heavy atom. The second kappa shape index (κ2) is 11.9. The Labute approximate surface area is 231 Å². The lowest BCUT2D eigenvalue weighted by molar-refractivity contribution is -0.146. The average Bonchev–Trinajstić information content (AvgIpc) is 3.43. The van der Waals surface area contributed by atoms with Crippen LogP contribution in [0.4, 0.5) is 5.00 Å². The van der Waals surface area contributed by atoms with Crippen LogP contribution < -0.4 is 10.6 Å². The van der Waals surface area contributed by atoms with Crippen LogP contribution in [0.5, 0.6) is 0 Å². The Morgan fingerprint density at radius 1 is 1.11 bits per heavy atom. The first-order valence-electron chi connectivity index (χ1n) is 12.2. The van der Waals surface area contributed by atoms with E-state index in [1.165, 1.54) is 28.0 Å². The molecule has 0 spiro atoms. The first-order chi connectivity index (χ1) is 17.7. The molecule has 0 unspecified atom stereocenters. The quantitative estimate of drug-likeness (QED) is 0.341. The van der Waals surface area contributed by atoms with Crippen molar-refractivity contribution in [2.75, 3.05) is 11.2 Å². The Bertz CT molecular complexity index is 1230. The lowest BCUT2D eigenvalue weighted by Crippen LogP contribution is -2.57. The molecular weight excluding hydrogens is 526 g/mol. The van der Waals surface area contributed by atoms with Gasteiger partial charge in [-0.1, -0.05) is 66.2 Å². The molecule has 1 aliphatic heterocycles. The summed E-state index contributed by atoms with van der Waals surface area (Å²) in [5.74, 6) is -0.365. The van der Waals surface area contributed by atoms with Gasteiger partial charge in [-0.2, -0.15) is 0 Å². The van der Waals surface area contributed by atoms with Crippen LogP contribution in [0.1, 0.15) is 30.5 Å². The molecule has 2 aromatic carbocycles. The summed E-state index contributed by atoms with van der Waals surface area (Å²) < 4.78 is 0.110. The molecule has 4 rings (SSSR count). The largest absolute Gasteiger partial charge is 0.381 e. The van der Waals surface area contributed by atoms with Gasteiger partial charge in [-0.3, -0.25) is 9.59 Å². The maximum absolute atomic E-state index is 13.7. The van der Waals surface area contributed by atoms with E-state index >= 15 is 0 Å². The molecule has 1 aromatic heterocycles. The van der Waals surface area contributed by atoms with E-state index in [1.54, 1.807) is 6.07 Å². The number of hydrogen-bond acceptors (Lipinski definition) is 6. The van der Waals surface area contributed by atoms with Crippen molar-refractivity contribution in [1.82, 2.24) is 10.2 Å². The fourth-order valence-corrected chi connectivity index (χ4v) is 6.67. The van der Waals surface area contributed by atoms with Gasteiger partial charge < -0.3 is 20.6 Å². The number of thiophene rings is 1. The molecule has 6 nitrogen and oxygen atoms in total. The van der Waals surface area contributed by atoms with E-state index in [0.717, 1.165) is 21.7 Å². The maximum atomic E-state index is 13.7. The molecule has 9 heteroatoms. The van der Waals surface area contributed by atoms with Crippen LogP contribution in [0.2, 0.25) is 4.34 Å². The zero-order valence-corrected chi connectivity index (χ0v) is 23.5. The first-order valence-corrected chi connectivity index (χ1v) is 14.3. The predicted molar refractivity (Wildman–Crippen MR) is 153 cm³/mol. The summed E-state index contributed by atoms with van der Waals surface area (Å²) in [6.07, 6.45) is -0.931. The zero-order chi connectivity index (χ0) is 26.6. The van der Waals surface area contributed by atoms with Crippen molar-refractivity contribution in [3.8, 4) is 0 Å². The van der Waals surface area contributed by atoms with E-state index in [0.29, 0.717) is 23.2 Å². The van der Waals surface area contributed by atoms with Gasteiger partial charge in [0.25, 0.3) is 5.91 Å². The fourth-order valence-electron chi connectivity index (χ4n) is 4.53. The van der Waals surface area contributed by atoms with Crippen LogP contribution in [0.25, 0.3) is 0 Å². The Balaban J connectivity index is 1.52. The molecule has 37 heavy (non-hydrogen) atoms. The number of aliphatic hydroxyl groups excluding tert-OH is 1. The summed E-state index contributed by atoms with van der Waals surface area (Å²) in [4.78, 5) is 28.6. The number of carbonyl (C=O) groups excluding carboxylic acids is 2. The third-order valence-electron chi connectivity index (χ3n) is 6.63. The van der Waals surface area contributed by atoms with E-state index in [-0.39, 0.29) is 5.91 Å². The van der Waals surface area contributed by atoms with Gasteiger partial charge in [0, 0.05) is 11.3 Å². The van der Waals surface area contributed by atoms with Crippen molar-refractivity contribution < 1.29 is 14.7 Å². The molecule has 1 aliphatic rings. The standard InChI is InChI=1S/C28H32ClN3O3S2/c1-18-9-7-8-12-20(18)16-30-26(34)25-28(2,3)36-17-32(25)27(35)24(33)21(15-19-10-5-4-6-11-19)31-23-14-13-22(29)37-23/h4-14,21,24-25,31,33H,15-17H2,1-3H3,(H,30,34)/t21-,24-,25+/m0/s1. The van der Waals surface area contributed by atoms with E-state index in [2.05, 4.69) is 10.6 Å². The summed E-state index contributed by atoms with van der Waals surface area (Å²) >= 11 is 9.00. The molecule has 1 saturated heterocycles. The van der Waals surface area contributed by atoms with Gasteiger partial charge in [0.2, 0.25) is 5.91 Å². The van der Waals surface area contributed by atoms with Gasteiger partial charge in [0.1, 0.15) is 6.04 Å². The number of aliphatic hydroxyl groups is 1. The van der Waals surface area contributed by atoms with Gasteiger partial charge in [-0.25, -0.2) is 0 Å². The number of anilines is 1. The molecular formula is C28H32ClN3O3S2. The molecule has 0 saturated carbocycles. The molecule has 0 radical (unpaired) electrons. The third-order valence-corrected chi connectivity index (χ3v) is 9.16. The van der Waals surface area contributed by atoms with Crippen molar-refractivity contribution in [3.05, 3.63) is 87.8 Å². The summed E-state index contributed by atoms with van der Waals surface area (Å²) in [6, 6.07) is 19.9. The third kappa shape index (κ3) is 6.68. The van der Waals surface area contributed by atoms with Crippen molar-refractivity contribution >= 4 is 51.5 Å². The molecule has 3 N–H and O–H groups in total. The van der Waals surface area contributed by atoms with Gasteiger partial charge in [-0.15, -0.1) is 23.1 Å². The van der Waals surface area contributed by atoms with Crippen molar-refractivity contribution in [1.29, 1.82) is 0 Å². The van der Waals surface area contributed by atoms with Crippen LogP contribution in [0.15, 0.2) is 66.7 Å². The molecule has 2 amide bonds. The van der Waals surface area contributed by atoms with E-state index in [1.807, 2.05) is 81.4 Å². The number of nitrogens with zero attached hydrogens (tertiary/aromatic N) is 1. The van der Waals surface area contributed by atoms with E-state index < -0.39 is 28.8 Å². The van der Waals surface area contributed by atoms with Gasteiger partial charge in [-0.05, 0) is 56.0 Å². The van der Waals surface area contributed by atoms with Crippen molar-refractivity contribution in [2.45, 2.75) is 56.7 Å². The molecule has 0 aliphatic carbocycles. The van der Waals surface area contributed by atoms with Gasteiger partial charge >= 0.3 is 0 Å². The van der Waals surface area contributed by atoms with Crippen LogP contribution >= 0.6 is 34.7 Å². The maximum Gasteiger partial charge on any atom is 0.254 e. The molecule has 196 valence electrons. The number of amides is 2. The number of thioether (sulfide) groups is 1. The zero-order valence-electron chi connectivity index (χ0n) is 21.1. The summed E-state index contributed by atoms with van der Waals surface area (Å²) in [7, 11) is 0. The number of carbonyl (C=O) groups is 2. The number of hydrogen-bond donors (Lipinski definition) is 3. The Kier molecular flexibility index (Phi) is 8.85. The molecule has 3 atom stereocenters. The van der Waals surface area contributed by atoms with Crippen LogP contribution in [0.3, 0.4) is 0 Å². The fraction of sp³-hybridized carbons (Fsp3) is 0.357. The number of aryl methyl sites for hydroxylation is 1. The van der Waals surface area contributed by atoms with Crippen LogP contribution in [-0.4, -0.2) is 50.6 Å². The Hall–Kier alpha value is -2.52. The summed E-state index contributed by atoms with van der Waals surface area (Å²) in [6.45, 7) is 6.31. The topological polar surface area (TPSA) is 81.7 Å². The minimum atomic E-state index is -1.36. The van der Waals surface area contributed by atoms with Crippen molar-refractivity contribution in [3.63, 3.8) is 0 Å². The minimum absolute atomic E-state index is 0.226.